The quantitative estimate of drug-likeness (QED) is 0.787. The van der Waals surface area contributed by atoms with Crippen LogP contribution >= 0.6 is 11.3 Å². The molecular formula is C15H24N2O2S. The van der Waals surface area contributed by atoms with Crippen molar-refractivity contribution < 1.29 is 9.53 Å². The standard InChI is InChI=1S/C15H24N2O2S/c1-12-17-13(11-20-12)10-15(18)16-8-5-9-19-14-6-3-2-4-7-14/h11,14H,2-10H2,1H3,(H,16,18). The van der Waals surface area contributed by atoms with Gasteiger partial charge in [0.25, 0.3) is 0 Å². The molecule has 0 bridgehead atoms. The van der Waals surface area contributed by atoms with Crippen molar-refractivity contribution in [2.45, 2.75) is 58.0 Å². The summed E-state index contributed by atoms with van der Waals surface area (Å²) >= 11 is 1.58. The van der Waals surface area contributed by atoms with Crippen LogP contribution in [-0.4, -0.2) is 30.1 Å². The van der Waals surface area contributed by atoms with Gasteiger partial charge < -0.3 is 10.1 Å². The van der Waals surface area contributed by atoms with Crippen molar-refractivity contribution in [2.75, 3.05) is 13.2 Å². The Morgan fingerprint density at radius 2 is 2.25 bits per heavy atom. The highest BCUT2D eigenvalue weighted by Gasteiger charge is 2.13. The fourth-order valence-corrected chi connectivity index (χ4v) is 3.11. The molecule has 4 nitrogen and oxygen atoms in total. The van der Waals surface area contributed by atoms with Gasteiger partial charge in [-0.2, -0.15) is 0 Å². The monoisotopic (exact) mass is 296 g/mol. The fourth-order valence-electron chi connectivity index (χ4n) is 2.50. The Labute approximate surface area is 124 Å². The summed E-state index contributed by atoms with van der Waals surface area (Å²) in [6, 6.07) is 0. The summed E-state index contributed by atoms with van der Waals surface area (Å²) in [4.78, 5) is 16.0. The predicted molar refractivity (Wildman–Crippen MR) is 81.0 cm³/mol. The van der Waals surface area contributed by atoms with Crippen LogP contribution < -0.4 is 5.32 Å². The van der Waals surface area contributed by atoms with Gasteiger partial charge in [-0.25, -0.2) is 4.98 Å². The van der Waals surface area contributed by atoms with Crippen molar-refractivity contribution >= 4 is 17.2 Å². The third-order valence-electron chi connectivity index (χ3n) is 3.56. The predicted octanol–water partition coefficient (Wildman–Crippen LogP) is 2.85. The fraction of sp³-hybridized carbons (Fsp3) is 0.733. The van der Waals surface area contributed by atoms with Gasteiger partial charge in [-0.1, -0.05) is 19.3 Å². The number of nitrogens with zero attached hydrogens (tertiary/aromatic N) is 1. The van der Waals surface area contributed by atoms with E-state index in [4.69, 9.17) is 4.74 Å². The lowest BCUT2D eigenvalue weighted by Gasteiger charge is -2.21. The molecule has 5 heteroatoms. The first-order valence-electron chi connectivity index (χ1n) is 7.53. The molecule has 1 heterocycles. The van der Waals surface area contributed by atoms with Crippen LogP contribution in [0.3, 0.4) is 0 Å². The number of thiazole rings is 1. The number of hydrogen-bond acceptors (Lipinski definition) is 4. The van der Waals surface area contributed by atoms with Gasteiger partial charge in [0.15, 0.2) is 0 Å². The average Bonchev–Trinajstić information content (AvgIpc) is 2.85. The Kier molecular flexibility index (Phi) is 6.47. The van der Waals surface area contributed by atoms with E-state index >= 15 is 0 Å². The largest absolute Gasteiger partial charge is 0.378 e. The van der Waals surface area contributed by atoms with Crippen molar-refractivity contribution in [3.8, 4) is 0 Å². The topological polar surface area (TPSA) is 51.2 Å². The highest BCUT2D eigenvalue weighted by Crippen LogP contribution is 2.20. The van der Waals surface area contributed by atoms with E-state index in [2.05, 4.69) is 10.3 Å². The van der Waals surface area contributed by atoms with Crippen molar-refractivity contribution in [1.29, 1.82) is 0 Å². The van der Waals surface area contributed by atoms with E-state index in [1.165, 1.54) is 32.1 Å². The zero-order valence-corrected chi connectivity index (χ0v) is 13.0. The second-order valence-electron chi connectivity index (χ2n) is 5.37. The Balaban J connectivity index is 1.51. The normalized spacial score (nSPS) is 16.2. The summed E-state index contributed by atoms with van der Waals surface area (Å²) in [7, 11) is 0. The number of amides is 1. The van der Waals surface area contributed by atoms with Crippen LogP contribution in [0.25, 0.3) is 0 Å². The molecule has 1 aliphatic carbocycles. The number of carbonyl (C=O) groups excluding carboxylic acids is 1. The van der Waals surface area contributed by atoms with E-state index in [0.29, 0.717) is 19.1 Å². The van der Waals surface area contributed by atoms with Crippen molar-refractivity contribution in [2.24, 2.45) is 0 Å². The highest BCUT2D eigenvalue weighted by molar-refractivity contribution is 7.09. The molecule has 112 valence electrons. The molecule has 1 N–H and O–H groups in total. The first kappa shape index (κ1) is 15.4. The lowest BCUT2D eigenvalue weighted by Crippen LogP contribution is -2.27. The van der Waals surface area contributed by atoms with Crippen LogP contribution in [0.5, 0.6) is 0 Å². The van der Waals surface area contributed by atoms with Gasteiger partial charge in [0.2, 0.25) is 5.91 Å². The van der Waals surface area contributed by atoms with E-state index < -0.39 is 0 Å². The van der Waals surface area contributed by atoms with Gasteiger partial charge in [-0.05, 0) is 26.2 Å². The molecule has 1 amide bonds. The smallest absolute Gasteiger partial charge is 0.226 e. The summed E-state index contributed by atoms with van der Waals surface area (Å²) in [6.07, 6.45) is 8.09. The number of rotatable bonds is 7. The maximum Gasteiger partial charge on any atom is 0.226 e. The molecular weight excluding hydrogens is 272 g/mol. The summed E-state index contributed by atoms with van der Waals surface area (Å²) in [5.41, 5.74) is 0.864. The molecule has 1 aromatic heterocycles. The molecule has 20 heavy (non-hydrogen) atoms. The maximum atomic E-state index is 11.7. The minimum atomic E-state index is 0.0490. The van der Waals surface area contributed by atoms with E-state index in [0.717, 1.165) is 23.7 Å². The molecule has 1 saturated carbocycles. The minimum Gasteiger partial charge on any atom is -0.378 e. The first-order chi connectivity index (χ1) is 9.74. The molecule has 1 aliphatic rings. The summed E-state index contributed by atoms with van der Waals surface area (Å²) in [5, 5.41) is 5.88. The Morgan fingerprint density at radius 1 is 1.45 bits per heavy atom. The van der Waals surface area contributed by atoms with Gasteiger partial charge in [0, 0.05) is 18.5 Å². The lowest BCUT2D eigenvalue weighted by molar-refractivity contribution is -0.120. The van der Waals surface area contributed by atoms with Crippen molar-refractivity contribution in [3.63, 3.8) is 0 Å². The number of aromatic nitrogens is 1. The SMILES string of the molecule is Cc1nc(CC(=O)NCCCOC2CCCCC2)cs1. The molecule has 0 radical (unpaired) electrons. The third-order valence-corrected chi connectivity index (χ3v) is 4.38. The molecule has 0 spiro atoms. The molecule has 0 saturated heterocycles. The first-order valence-corrected chi connectivity index (χ1v) is 8.41. The molecule has 0 unspecified atom stereocenters. The van der Waals surface area contributed by atoms with Crippen LogP contribution in [0.1, 0.15) is 49.2 Å². The van der Waals surface area contributed by atoms with Gasteiger partial charge >= 0.3 is 0 Å². The Morgan fingerprint density at radius 3 is 2.95 bits per heavy atom. The third kappa shape index (κ3) is 5.59. The van der Waals surface area contributed by atoms with E-state index in [9.17, 15) is 4.79 Å². The summed E-state index contributed by atoms with van der Waals surface area (Å²) < 4.78 is 5.82. The zero-order valence-electron chi connectivity index (χ0n) is 12.2. The average molecular weight is 296 g/mol. The van der Waals surface area contributed by atoms with Crippen LogP contribution in [-0.2, 0) is 16.0 Å². The maximum absolute atomic E-state index is 11.7. The number of hydrogen-bond donors (Lipinski definition) is 1. The number of carbonyl (C=O) groups is 1. The van der Waals surface area contributed by atoms with E-state index in [1.54, 1.807) is 11.3 Å². The summed E-state index contributed by atoms with van der Waals surface area (Å²) in [5.74, 6) is 0.0490. The molecule has 0 aliphatic heterocycles. The van der Waals surface area contributed by atoms with Crippen LogP contribution in [0.4, 0.5) is 0 Å². The molecule has 1 fully saturated rings. The molecule has 0 aromatic carbocycles. The van der Waals surface area contributed by atoms with Gasteiger partial charge in [0.05, 0.1) is 23.2 Å². The van der Waals surface area contributed by atoms with E-state index in [1.807, 2.05) is 12.3 Å². The Bertz CT molecular complexity index is 414. The number of nitrogens with one attached hydrogen (secondary N) is 1. The zero-order chi connectivity index (χ0) is 14.2. The van der Waals surface area contributed by atoms with Crippen molar-refractivity contribution in [3.05, 3.63) is 16.1 Å². The minimum absolute atomic E-state index is 0.0490. The van der Waals surface area contributed by atoms with Crippen LogP contribution in [0.2, 0.25) is 0 Å². The molecule has 0 atom stereocenters. The Hall–Kier alpha value is -0.940. The van der Waals surface area contributed by atoms with Crippen LogP contribution in [0.15, 0.2) is 5.38 Å². The van der Waals surface area contributed by atoms with Crippen LogP contribution in [0, 0.1) is 6.92 Å². The number of ether oxygens (including phenoxy) is 1. The van der Waals surface area contributed by atoms with Gasteiger partial charge in [0.1, 0.15) is 0 Å². The lowest BCUT2D eigenvalue weighted by atomic mass is 9.98. The molecule has 1 aromatic rings. The van der Waals surface area contributed by atoms with Gasteiger partial charge in [-0.3, -0.25) is 4.79 Å². The second-order valence-corrected chi connectivity index (χ2v) is 6.43. The number of aryl methyl sites for hydroxylation is 1. The summed E-state index contributed by atoms with van der Waals surface area (Å²) in [6.45, 7) is 3.39. The highest BCUT2D eigenvalue weighted by atomic mass is 32.1. The molecule has 2 rings (SSSR count). The second kappa shape index (κ2) is 8.37. The van der Waals surface area contributed by atoms with Crippen molar-refractivity contribution in [1.82, 2.24) is 10.3 Å². The van der Waals surface area contributed by atoms with Gasteiger partial charge in [-0.15, -0.1) is 11.3 Å². The van der Waals surface area contributed by atoms with E-state index in [-0.39, 0.29) is 5.91 Å².